The Hall–Kier alpha value is -1.81. The minimum atomic E-state index is -3.40. The van der Waals surface area contributed by atoms with Crippen molar-refractivity contribution in [2.75, 3.05) is 41.7 Å². The van der Waals surface area contributed by atoms with Gasteiger partial charge < -0.3 is 32.5 Å². The number of hydrogen-bond acceptors (Lipinski definition) is 9. The van der Waals surface area contributed by atoms with Crippen LogP contribution < -0.4 is 18.9 Å². The summed E-state index contributed by atoms with van der Waals surface area (Å²) in [7, 11) is 6.17. The van der Waals surface area contributed by atoms with Gasteiger partial charge in [-0.15, -0.1) is 0 Å². The van der Waals surface area contributed by atoms with Crippen LogP contribution in [0, 0.1) is 0 Å². The average molecular weight is 531 g/mol. The molecule has 1 unspecified atom stereocenters. The fraction of sp³-hybridized carbons (Fsp3) is 0.391. The van der Waals surface area contributed by atoms with E-state index in [0.717, 1.165) is 16.9 Å². The first-order valence-corrected chi connectivity index (χ1v) is 14.8. The number of ether oxygens (including phenoxy) is 4. The zero-order valence-electron chi connectivity index (χ0n) is 20.2. The largest absolute Gasteiger partial charge is 0.612 e. The molecule has 1 atom stereocenters. The van der Waals surface area contributed by atoms with Crippen molar-refractivity contribution in [1.82, 2.24) is 0 Å². The lowest BCUT2D eigenvalue weighted by Crippen LogP contribution is -2.01. The van der Waals surface area contributed by atoms with Gasteiger partial charge in [0.15, 0.2) is 0 Å². The highest BCUT2D eigenvalue weighted by molar-refractivity contribution is 8.55. The summed E-state index contributed by atoms with van der Waals surface area (Å²) in [5.74, 6) is 2.43. The van der Waals surface area contributed by atoms with Crippen LogP contribution in [0.2, 0.25) is 0 Å². The molecule has 2 aromatic carbocycles. The fourth-order valence-electron chi connectivity index (χ4n) is 2.96. The molecular formula is C23H31O8PS2. The van der Waals surface area contributed by atoms with Crippen molar-refractivity contribution in [2.45, 2.75) is 24.5 Å². The summed E-state index contributed by atoms with van der Waals surface area (Å²) in [6.07, 6.45) is 1.70. The summed E-state index contributed by atoms with van der Waals surface area (Å²) in [6, 6.07) is 8.81. The summed E-state index contributed by atoms with van der Waals surface area (Å²) in [4.78, 5) is 0.588. The molecule has 8 nitrogen and oxygen atoms in total. The molecule has 0 fully saturated rings. The molecule has 0 spiro atoms. The second-order valence-electron chi connectivity index (χ2n) is 6.63. The second-order valence-corrected chi connectivity index (χ2v) is 11.9. The van der Waals surface area contributed by atoms with Gasteiger partial charge in [0.1, 0.15) is 34.2 Å². The minimum Gasteiger partial charge on any atom is -0.612 e. The smallest absolute Gasteiger partial charge is 0.393 e. The van der Waals surface area contributed by atoms with Crippen LogP contribution >= 0.6 is 18.2 Å². The molecule has 11 heteroatoms. The minimum absolute atomic E-state index is 0.239. The van der Waals surface area contributed by atoms with Crippen molar-refractivity contribution >= 4 is 35.4 Å². The predicted molar refractivity (Wildman–Crippen MR) is 137 cm³/mol. The van der Waals surface area contributed by atoms with Gasteiger partial charge in [0.25, 0.3) is 0 Å². The van der Waals surface area contributed by atoms with Crippen molar-refractivity contribution in [3.05, 3.63) is 46.9 Å². The molecule has 0 aliphatic heterocycles. The van der Waals surface area contributed by atoms with E-state index in [1.165, 1.54) is 7.11 Å². The van der Waals surface area contributed by atoms with Gasteiger partial charge in [-0.1, -0.05) is 6.07 Å². The van der Waals surface area contributed by atoms with E-state index in [2.05, 4.69) is 0 Å². The summed E-state index contributed by atoms with van der Waals surface area (Å²) >= 11 is -0.370. The summed E-state index contributed by atoms with van der Waals surface area (Å²) in [6.45, 7) is 0.599. The van der Waals surface area contributed by atoms with Crippen LogP contribution in [0.15, 0.2) is 40.6 Å². The first kappa shape index (κ1) is 28.4. The van der Waals surface area contributed by atoms with Gasteiger partial charge >= 0.3 is 6.80 Å². The van der Waals surface area contributed by atoms with Gasteiger partial charge in [-0.2, -0.15) is 0 Å². The third kappa shape index (κ3) is 7.86. The molecule has 0 amide bonds. The molecule has 2 aromatic rings. The van der Waals surface area contributed by atoms with Gasteiger partial charge in [0, 0.05) is 23.8 Å². The summed E-state index contributed by atoms with van der Waals surface area (Å²) in [5.41, 5.74) is 1.43. The molecule has 188 valence electrons. The Morgan fingerprint density at radius 1 is 0.912 bits per heavy atom. The first-order chi connectivity index (χ1) is 16.3. The van der Waals surface area contributed by atoms with Crippen molar-refractivity contribution in [1.29, 1.82) is 0 Å². The van der Waals surface area contributed by atoms with Crippen LogP contribution in [0.3, 0.4) is 0 Å². The van der Waals surface area contributed by atoms with Gasteiger partial charge in [-0.3, -0.25) is 0 Å². The van der Waals surface area contributed by atoms with Crippen LogP contribution in [-0.2, 0) is 30.5 Å². The predicted octanol–water partition coefficient (Wildman–Crippen LogP) is 5.91. The molecule has 0 bridgehead atoms. The maximum absolute atomic E-state index is 13.0. The van der Waals surface area contributed by atoms with Crippen molar-refractivity contribution < 1.29 is 37.1 Å². The lowest BCUT2D eigenvalue weighted by Gasteiger charge is -2.18. The number of hydrogen-bond donors (Lipinski definition) is 0. The maximum Gasteiger partial charge on any atom is 0.393 e. The quantitative estimate of drug-likeness (QED) is 0.218. The molecule has 0 aliphatic carbocycles. The van der Waals surface area contributed by atoms with Crippen LogP contribution in [0.4, 0.5) is 0 Å². The summed E-state index contributed by atoms with van der Waals surface area (Å²) in [5, 5.41) is 1.58. The van der Waals surface area contributed by atoms with Gasteiger partial charge in [0.2, 0.25) is 0 Å². The Morgan fingerprint density at radius 3 is 2.00 bits per heavy atom. The lowest BCUT2D eigenvalue weighted by atomic mass is 10.1. The highest BCUT2D eigenvalue weighted by atomic mass is 32.7. The van der Waals surface area contributed by atoms with E-state index in [0.29, 0.717) is 33.5 Å². The number of benzene rings is 2. The molecular weight excluding hydrogens is 499 g/mol. The number of rotatable bonds is 14. The average Bonchev–Trinajstić information content (AvgIpc) is 2.82. The van der Waals surface area contributed by atoms with E-state index >= 15 is 0 Å². The molecule has 0 heterocycles. The van der Waals surface area contributed by atoms with E-state index < -0.39 is 18.0 Å². The van der Waals surface area contributed by atoms with Crippen molar-refractivity contribution in [2.24, 2.45) is 0 Å². The van der Waals surface area contributed by atoms with E-state index in [4.69, 9.17) is 28.0 Å². The monoisotopic (exact) mass is 530 g/mol. The SMILES string of the molecule is CCOP(=O)(OCC)Sc1cc(C[S+]([O-])/C=C/c2c(OC)cc(OC)cc2OC)ccc1OC. The Bertz CT molecular complexity index is 979. The van der Waals surface area contributed by atoms with Gasteiger partial charge in [0.05, 0.1) is 52.1 Å². The van der Waals surface area contributed by atoms with Crippen LogP contribution in [0.5, 0.6) is 23.0 Å². The normalized spacial score (nSPS) is 12.6. The van der Waals surface area contributed by atoms with Crippen LogP contribution in [0.25, 0.3) is 6.08 Å². The molecule has 0 aliphatic rings. The van der Waals surface area contributed by atoms with E-state index in [9.17, 15) is 9.12 Å². The Balaban J connectivity index is 2.25. The zero-order chi connectivity index (χ0) is 25.1. The van der Waals surface area contributed by atoms with E-state index in [-0.39, 0.29) is 19.0 Å². The highest BCUT2D eigenvalue weighted by Crippen LogP contribution is 2.64. The second kappa shape index (κ2) is 13.9. The fourth-order valence-corrected chi connectivity index (χ4v) is 7.45. The standard InChI is InChI=1S/C23H31O8PS2/c1-7-30-32(24,31-8-2)33-23-13-17(9-10-20(23)27-4)16-34(25)12-11-19-21(28-5)14-18(26-3)15-22(19)29-6/h9-15H,7-8,16H2,1-6H3/b12-11+. The third-order valence-corrected chi connectivity index (χ3v) is 9.30. The molecule has 2 rings (SSSR count). The first-order valence-electron chi connectivity index (χ1n) is 10.4. The molecule has 0 saturated heterocycles. The van der Waals surface area contributed by atoms with Crippen LogP contribution in [-0.4, -0.2) is 46.2 Å². The molecule has 34 heavy (non-hydrogen) atoms. The highest BCUT2D eigenvalue weighted by Gasteiger charge is 2.28. The number of methoxy groups -OCH3 is 4. The van der Waals surface area contributed by atoms with Gasteiger partial charge in [-0.25, -0.2) is 4.57 Å². The molecule has 0 aromatic heterocycles. The van der Waals surface area contributed by atoms with Crippen molar-refractivity contribution in [3.63, 3.8) is 0 Å². The van der Waals surface area contributed by atoms with E-state index in [1.807, 2.05) is 6.07 Å². The molecule has 0 saturated carbocycles. The topological polar surface area (TPSA) is 95.5 Å². The summed E-state index contributed by atoms with van der Waals surface area (Å²) < 4.78 is 58.1. The maximum atomic E-state index is 13.0. The zero-order valence-corrected chi connectivity index (χ0v) is 22.7. The van der Waals surface area contributed by atoms with Crippen molar-refractivity contribution in [3.8, 4) is 23.0 Å². The Kier molecular flexibility index (Phi) is 11.6. The van der Waals surface area contributed by atoms with E-state index in [1.54, 1.807) is 70.9 Å². The molecule has 0 radical (unpaired) electrons. The Morgan fingerprint density at radius 2 is 1.50 bits per heavy atom. The molecule has 0 N–H and O–H groups in total. The third-order valence-electron chi connectivity index (χ3n) is 4.46. The Labute approximate surface area is 208 Å². The van der Waals surface area contributed by atoms with Gasteiger partial charge in [-0.05, 0) is 48.5 Å². The van der Waals surface area contributed by atoms with Crippen LogP contribution in [0.1, 0.15) is 25.0 Å². The lowest BCUT2D eigenvalue weighted by molar-refractivity contribution is 0.237.